The van der Waals surface area contributed by atoms with E-state index in [9.17, 15) is 0 Å². The molecular weight excluding hydrogens is 220 g/mol. The molecule has 2 N–H and O–H groups in total. The average Bonchev–Trinajstić information content (AvgIpc) is 3.22. The van der Waals surface area contributed by atoms with Crippen molar-refractivity contribution < 1.29 is 0 Å². The van der Waals surface area contributed by atoms with E-state index in [2.05, 4.69) is 54.8 Å². The lowest BCUT2D eigenvalue weighted by molar-refractivity contribution is 0.452. The third-order valence-electron chi connectivity index (χ3n) is 3.36. The molecule has 0 aromatic heterocycles. The van der Waals surface area contributed by atoms with Crippen LogP contribution in [0, 0.1) is 0 Å². The van der Waals surface area contributed by atoms with Crippen molar-refractivity contribution in [1.82, 2.24) is 10.6 Å². The second-order valence-electron chi connectivity index (χ2n) is 4.82. The summed E-state index contributed by atoms with van der Waals surface area (Å²) in [6, 6.07) is 10.8. The van der Waals surface area contributed by atoms with E-state index < -0.39 is 0 Å². The third kappa shape index (κ3) is 3.69. The topological polar surface area (TPSA) is 24.1 Å². The Kier molecular flexibility index (Phi) is 4.97. The van der Waals surface area contributed by atoms with E-state index in [4.69, 9.17) is 0 Å². The van der Waals surface area contributed by atoms with E-state index in [1.165, 1.54) is 18.4 Å². The van der Waals surface area contributed by atoms with Crippen LogP contribution in [0.5, 0.6) is 0 Å². The van der Waals surface area contributed by atoms with Crippen LogP contribution >= 0.6 is 0 Å². The van der Waals surface area contributed by atoms with Gasteiger partial charge in [0, 0.05) is 6.42 Å². The maximum Gasteiger partial charge on any atom is 0.0613 e. The van der Waals surface area contributed by atoms with Gasteiger partial charge < -0.3 is 10.6 Å². The fraction of sp³-hybridized carbons (Fsp3) is 0.500. The number of nitrogens with one attached hydrogen (secondary N) is 2. The molecule has 1 fully saturated rings. The quantitative estimate of drug-likeness (QED) is 0.720. The fourth-order valence-corrected chi connectivity index (χ4v) is 2.38. The number of hydrogen-bond acceptors (Lipinski definition) is 2. The Hall–Kier alpha value is -1.12. The Morgan fingerprint density at radius 2 is 1.67 bits per heavy atom. The molecule has 1 aliphatic rings. The van der Waals surface area contributed by atoms with Gasteiger partial charge in [0.05, 0.1) is 6.17 Å². The van der Waals surface area contributed by atoms with Crippen LogP contribution in [-0.4, -0.2) is 19.3 Å². The van der Waals surface area contributed by atoms with Crippen molar-refractivity contribution in [2.75, 3.05) is 13.1 Å². The van der Waals surface area contributed by atoms with Gasteiger partial charge >= 0.3 is 0 Å². The Labute approximate surface area is 110 Å². The summed E-state index contributed by atoms with van der Waals surface area (Å²) in [5, 5.41) is 7.04. The minimum absolute atomic E-state index is 0.392. The van der Waals surface area contributed by atoms with Crippen LogP contribution in [0.25, 0.3) is 5.57 Å². The lowest BCUT2D eigenvalue weighted by Crippen LogP contribution is -2.42. The summed E-state index contributed by atoms with van der Waals surface area (Å²) in [6.45, 7) is 6.34. The Morgan fingerprint density at radius 3 is 2.17 bits per heavy atom. The third-order valence-corrected chi connectivity index (χ3v) is 3.36. The second kappa shape index (κ2) is 6.72. The van der Waals surface area contributed by atoms with Gasteiger partial charge in [-0.3, -0.25) is 0 Å². The lowest BCUT2D eigenvalue weighted by Gasteiger charge is -2.20. The molecule has 0 heterocycles. The molecule has 1 aliphatic carbocycles. The predicted molar refractivity (Wildman–Crippen MR) is 78.4 cm³/mol. The molecule has 0 aliphatic heterocycles. The fourth-order valence-electron chi connectivity index (χ4n) is 2.38. The van der Waals surface area contributed by atoms with Crippen molar-refractivity contribution in [2.24, 2.45) is 0 Å². The Balaban J connectivity index is 2.10. The van der Waals surface area contributed by atoms with Gasteiger partial charge in [-0.2, -0.15) is 0 Å². The van der Waals surface area contributed by atoms with E-state index in [0.29, 0.717) is 6.17 Å². The summed E-state index contributed by atoms with van der Waals surface area (Å²) >= 11 is 0. The molecule has 18 heavy (non-hydrogen) atoms. The van der Waals surface area contributed by atoms with Gasteiger partial charge in [-0.15, -0.1) is 0 Å². The second-order valence-corrected chi connectivity index (χ2v) is 4.82. The van der Waals surface area contributed by atoms with E-state index in [-0.39, 0.29) is 0 Å². The number of allylic oxidation sites excluding steroid dienone is 1. The monoisotopic (exact) mass is 244 g/mol. The normalized spacial score (nSPS) is 14.1. The highest BCUT2D eigenvalue weighted by atomic mass is 15.1. The minimum Gasteiger partial charge on any atom is -0.302 e. The van der Waals surface area contributed by atoms with Crippen molar-refractivity contribution in [1.29, 1.82) is 0 Å². The summed E-state index contributed by atoms with van der Waals surface area (Å²) in [6.07, 6.45) is 4.05. The highest BCUT2D eigenvalue weighted by molar-refractivity contribution is 5.71. The van der Waals surface area contributed by atoms with Gasteiger partial charge in [0.2, 0.25) is 0 Å². The summed E-state index contributed by atoms with van der Waals surface area (Å²) in [5.74, 6) is 0. The van der Waals surface area contributed by atoms with Crippen LogP contribution in [0.2, 0.25) is 0 Å². The zero-order chi connectivity index (χ0) is 12.8. The van der Waals surface area contributed by atoms with Crippen molar-refractivity contribution in [3.05, 3.63) is 41.5 Å². The van der Waals surface area contributed by atoms with Gasteiger partial charge in [0.25, 0.3) is 0 Å². The first-order valence-electron chi connectivity index (χ1n) is 7.08. The highest BCUT2D eigenvalue weighted by Gasteiger charge is 2.21. The maximum atomic E-state index is 3.52. The number of hydrogen-bond donors (Lipinski definition) is 2. The van der Waals surface area contributed by atoms with Crippen LogP contribution < -0.4 is 10.6 Å². The summed E-state index contributed by atoms with van der Waals surface area (Å²) in [4.78, 5) is 0. The van der Waals surface area contributed by atoms with Gasteiger partial charge in [0.15, 0.2) is 0 Å². The Bertz CT molecular complexity index is 383. The predicted octanol–water partition coefficient (Wildman–Crippen LogP) is 3.17. The van der Waals surface area contributed by atoms with Crippen LogP contribution in [0.1, 0.15) is 38.7 Å². The molecule has 98 valence electrons. The zero-order valence-electron chi connectivity index (χ0n) is 11.5. The van der Waals surface area contributed by atoms with Crippen molar-refractivity contribution in [3.8, 4) is 0 Å². The van der Waals surface area contributed by atoms with E-state index in [0.717, 1.165) is 19.5 Å². The molecule has 2 rings (SSSR count). The minimum atomic E-state index is 0.392. The number of benzene rings is 1. The van der Waals surface area contributed by atoms with Crippen LogP contribution in [0.3, 0.4) is 0 Å². The van der Waals surface area contributed by atoms with Gasteiger partial charge in [-0.05, 0) is 37.1 Å². The molecule has 0 unspecified atom stereocenters. The standard InChI is InChI=1S/C16H24N2/c1-3-17-16(18-4-2)12-15(14-10-11-14)13-8-6-5-7-9-13/h5-9,16-18H,3-4,10-12H2,1-2H3. The van der Waals surface area contributed by atoms with Crippen molar-refractivity contribution in [2.45, 2.75) is 39.3 Å². The molecule has 1 aromatic carbocycles. The smallest absolute Gasteiger partial charge is 0.0613 e. The van der Waals surface area contributed by atoms with E-state index in [1.807, 2.05) is 0 Å². The first kappa shape index (κ1) is 13.3. The van der Waals surface area contributed by atoms with Crippen LogP contribution in [-0.2, 0) is 0 Å². The molecule has 0 bridgehead atoms. The molecule has 0 atom stereocenters. The maximum absolute atomic E-state index is 3.52. The first-order valence-corrected chi connectivity index (χ1v) is 7.08. The Morgan fingerprint density at radius 1 is 1.06 bits per heavy atom. The lowest BCUT2D eigenvalue weighted by atomic mass is 10.00. The van der Waals surface area contributed by atoms with Crippen molar-refractivity contribution in [3.63, 3.8) is 0 Å². The summed E-state index contributed by atoms with van der Waals surface area (Å²) < 4.78 is 0. The molecule has 1 aromatic rings. The average molecular weight is 244 g/mol. The molecule has 0 radical (unpaired) electrons. The molecule has 2 heteroatoms. The largest absolute Gasteiger partial charge is 0.302 e. The van der Waals surface area contributed by atoms with Crippen LogP contribution in [0.4, 0.5) is 0 Å². The SMILES string of the molecule is CCNC(CC(=C1CC1)c1ccccc1)NCC. The molecule has 0 spiro atoms. The van der Waals surface area contributed by atoms with E-state index >= 15 is 0 Å². The van der Waals surface area contributed by atoms with Crippen LogP contribution in [0.15, 0.2) is 35.9 Å². The summed E-state index contributed by atoms with van der Waals surface area (Å²) in [5.41, 5.74) is 4.58. The van der Waals surface area contributed by atoms with Crippen molar-refractivity contribution >= 4 is 5.57 Å². The summed E-state index contributed by atoms with van der Waals surface area (Å²) in [7, 11) is 0. The van der Waals surface area contributed by atoms with E-state index in [1.54, 1.807) is 11.1 Å². The molecule has 2 nitrogen and oxygen atoms in total. The first-order chi connectivity index (χ1) is 8.85. The van der Waals surface area contributed by atoms with Gasteiger partial charge in [0.1, 0.15) is 0 Å². The molecule has 1 saturated carbocycles. The molecular formula is C16H24N2. The number of rotatable bonds is 7. The molecule has 0 saturated heterocycles. The van der Waals surface area contributed by atoms with Gasteiger partial charge in [-0.25, -0.2) is 0 Å². The zero-order valence-corrected chi connectivity index (χ0v) is 11.5. The highest BCUT2D eigenvalue weighted by Crippen LogP contribution is 2.38. The molecule has 0 amide bonds. The van der Waals surface area contributed by atoms with Gasteiger partial charge in [-0.1, -0.05) is 49.8 Å².